The Kier molecular flexibility index (Phi) is 2.82. The molecular formula is C13H18N4. The van der Waals surface area contributed by atoms with Crippen LogP contribution in [-0.2, 0) is 6.42 Å². The molecule has 17 heavy (non-hydrogen) atoms. The van der Waals surface area contributed by atoms with Crippen LogP contribution in [0.5, 0.6) is 0 Å². The number of nitrogens with zero attached hydrogens (tertiary/aromatic N) is 2. The summed E-state index contributed by atoms with van der Waals surface area (Å²) in [6.45, 7) is 3.32. The molecule has 1 saturated heterocycles. The molecule has 2 heterocycles. The van der Waals surface area contributed by atoms with Crippen molar-refractivity contribution in [2.45, 2.75) is 12.5 Å². The maximum atomic E-state index is 4.24. The van der Waals surface area contributed by atoms with Crippen molar-refractivity contribution in [3.63, 3.8) is 0 Å². The van der Waals surface area contributed by atoms with Crippen LogP contribution >= 0.6 is 0 Å². The Morgan fingerprint density at radius 3 is 3.29 bits per heavy atom. The van der Waals surface area contributed by atoms with Crippen LogP contribution in [0, 0.1) is 0 Å². The third-order valence-electron chi connectivity index (χ3n) is 3.60. The fraction of sp³-hybridized carbons (Fsp3) is 0.462. The van der Waals surface area contributed by atoms with Gasteiger partial charge < -0.3 is 15.2 Å². The summed E-state index contributed by atoms with van der Waals surface area (Å²) in [6, 6.07) is 7.09. The molecule has 3 rings (SSSR count). The van der Waals surface area contributed by atoms with Crippen LogP contribution in [0.1, 0.15) is 5.56 Å². The smallest absolute Gasteiger partial charge is 0.0931 e. The van der Waals surface area contributed by atoms with Gasteiger partial charge >= 0.3 is 0 Å². The lowest BCUT2D eigenvalue weighted by Crippen LogP contribution is -2.50. The Labute approximate surface area is 101 Å². The van der Waals surface area contributed by atoms with Crippen molar-refractivity contribution < 1.29 is 0 Å². The standard InChI is InChI=1S/C13H18N4/c1-17-5-4-14-8-11(17)6-10-2-3-12-13(7-10)16-9-15-12/h2-3,7,9,11,14H,4-6,8H2,1H3,(H,15,16). The van der Waals surface area contributed by atoms with Gasteiger partial charge in [0.05, 0.1) is 17.4 Å². The lowest BCUT2D eigenvalue weighted by Gasteiger charge is -2.33. The molecule has 2 aromatic rings. The van der Waals surface area contributed by atoms with E-state index in [1.807, 2.05) is 0 Å². The average Bonchev–Trinajstić information content (AvgIpc) is 2.79. The van der Waals surface area contributed by atoms with E-state index in [-0.39, 0.29) is 0 Å². The van der Waals surface area contributed by atoms with E-state index in [0.717, 1.165) is 37.1 Å². The van der Waals surface area contributed by atoms with E-state index in [0.29, 0.717) is 6.04 Å². The summed E-state index contributed by atoms with van der Waals surface area (Å²) in [6.07, 6.45) is 2.85. The summed E-state index contributed by atoms with van der Waals surface area (Å²) in [5.41, 5.74) is 3.56. The summed E-state index contributed by atoms with van der Waals surface area (Å²) in [5, 5.41) is 3.46. The molecule has 1 aliphatic heterocycles. The van der Waals surface area contributed by atoms with E-state index in [1.54, 1.807) is 6.33 Å². The molecular weight excluding hydrogens is 212 g/mol. The Hall–Kier alpha value is -1.39. The summed E-state index contributed by atoms with van der Waals surface area (Å²) < 4.78 is 0. The van der Waals surface area contributed by atoms with Crippen molar-refractivity contribution in [3.8, 4) is 0 Å². The van der Waals surface area contributed by atoms with Gasteiger partial charge in [0.1, 0.15) is 0 Å². The number of hydrogen-bond donors (Lipinski definition) is 2. The quantitative estimate of drug-likeness (QED) is 0.809. The van der Waals surface area contributed by atoms with Crippen molar-refractivity contribution in [2.75, 3.05) is 26.7 Å². The van der Waals surface area contributed by atoms with Gasteiger partial charge in [-0.25, -0.2) is 4.98 Å². The maximum absolute atomic E-state index is 4.24. The number of benzene rings is 1. The first-order valence-corrected chi connectivity index (χ1v) is 6.16. The summed E-state index contributed by atoms with van der Waals surface area (Å²) in [5.74, 6) is 0. The molecule has 2 N–H and O–H groups in total. The van der Waals surface area contributed by atoms with Crippen LogP contribution in [-0.4, -0.2) is 47.6 Å². The lowest BCUT2D eigenvalue weighted by atomic mass is 10.0. The SMILES string of the molecule is CN1CCNCC1Cc1ccc2nc[nH]c2c1. The van der Waals surface area contributed by atoms with Crippen molar-refractivity contribution in [1.82, 2.24) is 20.2 Å². The molecule has 1 aromatic carbocycles. The molecule has 0 bridgehead atoms. The second-order valence-corrected chi connectivity index (χ2v) is 4.80. The molecule has 90 valence electrons. The van der Waals surface area contributed by atoms with Gasteiger partial charge in [-0.3, -0.25) is 0 Å². The number of piperazine rings is 1. The highest BCUT2D eigenvalue weighted by Crippen LogP contribution is 2.15. The van der Waals surface area contributed by atoms with Crippen molar-refractivity contribution in [1.29, 1.82) is 0 Å². The number of imidazole rings is 1. The molecule has 0 aliphatic carbocycles. The normalized spacial score (nSPS) is 22.1. The van der Waals surface area contributed by atoms with Gasteiger partial charge in [0.25, 0.3) is 0 Å². The van der Waals surface area contributed by atoms with Crippen LogP contribution in [0.25, 0.3) is 11.0 Å². The van der Waals surface area contributed by atoms with Crippen LogP contribution in [0.3, 0.4) is 0 Å². The van der Waals surface area contributed by atoms with E-state index in [2.05, 4.69) is 45.4 Å². The molecule has 0 spiro atoms. The first kappa shape index (κ1) is 10.7. The zero-order valence-corrected chi connectivity index (χ0v) is 10.1. The van der Waals surface area contributed by atoms with Gasteiger partial charge in [0.2, 0.25) is 0 Å². The third kappa shape index (κ3) is 2.18. The minimum Gasteiger partial charge on any atom is -0.345 e. The zero-order valence-electron chi connectivity index (χ0n) is 10.1. The Bertz CT molecular complexity index is 505. The molecule has 1 aliphatic rings. The summed E-state index contributed by atoms with van der Waals surface area (Å²) in [4.78, 5) is 9.85. The molecule has 1 fully saturated rings. The van der Waals surface area contributed by atoms with Crippen molar-refractivity contribution in [3.05, 3.63) is 30.1 Å². The number of rotatable bonds is 2. The van der Waals surface area contributed by atoms with Crippen molar-refractivity contribution >= 4 is 11.0 Å². The fourth-order valence-electron chi connectivity index (χ4n) is 2.47. The van der Waals surface area contributed by atoms with Crippen molar-refractivity contribution in [2.24, 2.45) is 0 Å². The van der Waals surface area contributed by atoms with E-state index in [9.17, 15) is 0 Å². The van der Waals surface area contributed by atoms with E-state index < -0.39 is 0 Å². The first-order valence-electron chi connectivity index (χ1n) is 6.16. The molecule has 0 saturated carbocycles. The number of aromatic amines is 1. The van der Waals surface area contributed by atoms with Crippen LogP contribution in [0.4, 0.5) is 0 Å². The maximum Gasteiger partial charge on any atom is 0.0931 e. The first-order chi connectivity index (χ1) is 8.33. The van der Waals surface area contributed by atoms with Crippen LogP contribution < -0.4 is 5.32 Å². The molecule has 4 heteroatoms. The number of aromatic nitrogens is 2. The van der Waals surface area contributed by atoms with Gasteiger partial charge in [-0.1, -0.05) is 6.07 Å². The molecule has 1 unspecified atom stereocenters. The van der Waals surface area contributed by atoms with E-state index in [4.69, 9.17) is 0 Å². The van der Waals surface area contributed by atoms with Gasteiger partial charge in [0, 0.05) is 25.7 Å². The fourth-order valence-corrected chi connectivity index (χ4v) is 2.47. The zero-order chi connectivity index (χ0) is 11.7. The monoisotopic (exact) mass is 230 g/mol. The minimum atomic E-state index is 0.601. The second kappa shape index (κ2) is 4.47. The molecule has 0 radical (unpaired) electrons. The summed E-state index contributed by atoms with van der Waals surface area (Å²) >= 11 is 0. The van der Waals surface area contributed by atoms with E-state index in [1.165, 1.54) is 5.56 Å². The highest BCUT2D eigenvalue weighted by atomic mass is 15.2. The predicted octanol–water partition coefficient (Wildman–Crippen LogP) is 1.01. The minimum absolute atomic E-state index is 0.601. The topological polar surface area (TPSA) is 44.0 Å². The number of hydrogen-bond acceptors (Lipinski definition) is 3. The third-order valence-corrected chi connectivity index (χ3v) is 3.60. The van der Waals surface area contributed by atoms with Gasteiger partial charge in [0.15, 0.2) is 0 Å². The number of nitrogens with one attached hydrogen (secondary N) is 2. The largest absolute Gasteiger partial charge is 0.345 e. The predicted molar refractivity (Wildman–Crippen MR) is 69.1 cm³/mol. The molecule has 1 atom stereocenters. The Balaban J connectivity index is 1.79. The number of fused-ring (bicyclic) bond motifs is 1. The van der Waals surface area contributed by atoms with Crippen LogP contribution in [0.2, 0.25) is 0 Å². The Morgan fingerprint density at radius 1 is 1.47 bits per heavy atom. The second-order valence-electron chi connectivity index (χ2n) is 4.80. The lowest BCUT2D eigenvalue weighted by molar-refractivity contribution is 0.199. The summed E-state index contributed by atoms with van der Waals surface area (Å²) in [7, 11) is 2.21. The van der Waals surface area contributed by atoms with Crippen LogP contribution in [0.15, 0.2) is 24.5 Å². The highest BCUT2D eigenvalue weighted by molar-refractivity contribution is 5.75. The number of H-pyrrole nitrogens is 1. The van der Waals surface area contributed by atoms with Gasteiger partial charge in [-0.15, -0.1) is 0 Å². The van der Waals surface area contributed by atoms with Gasteiger partial charge in [-0.2, -0.15) is 0 Å². The highest BCUT2D eigenvalue weighted by Gasteiger charge is 2.18. The number of likely N-dealkylation sites (N-methyl/N-ethyl adjacent to an activating group) is 1. The molecule has 0 amide bonds. The molecule has 4 nitrogen and oxygen atoms in total. The van der Waals surface area contributed by atoms with E-state index >= 15 is 0 Å². The van der Waals surface area contributed by atoms with Gasteiger partial charge in [-0.05, 0) is 31.2 Å². The Morgan fingerprint density at radius 2 is 2.41 bits per heavy atom. The average molecular weight is 230 g/mol. The molecule has 1 aromatic heterocycles.